The van der Waals surface area contributed by atoms with Crippen LogP contribution in [0.3, 0.4) is 0 Å². The molecule has 0 aliphatic rings. The van der Waals surface area contributed by atoms with Gasteiger partial charge in [-0.05, 0) is 25.0 Å². The molecule has 0 aromatic carbocycles. The molecule has 0 radical (unpaired) electrons. The highest BCUT2D eigenvalue weighted by Gasteiger charge is 2.12. The van der Waals surface area contributed by atoms with Crippen molar-refractivity contribution in [1.82, 2.24) is 10.3 Å². The maximum absolute atomic E-state index is 11.7. The van der Waals surface area contributed by atoms with Gasteiger partial charge in [0.15, 0.2) is 5.96 Å². The van der Waals surface area contributed by atoms with Crippen molar-refractivity contribution in [2.45, 2.75) is 19.3 Å². The summed E-state index contributed by atoms with van der Waals surface area (Å²) in [6.07, 6.45) is 1.10. The maximum atomic E-state index is 11.7. The van der Waals surface area contributed by atoms with Crippen LogP contribution in [0.2, 0.25) is 0 Å². The number of guanidine groups is 1. The summed E-state index contributed by atoms with van der Waals surface area (Å²) in [5.41, 5.74) is 10.5. The number of aromatic amines is 1. The van der Waals surface area contributed by atoms with Crippen molar-refractivity contribution in [3.63, 3.8) is 0 Å². The summed E-state index contributed by atoms with van der Waals surface area (Å²) < 4.78 is 0. The summed E-state index contributed by atoms with van der Waals surface area (Å²) in [5.74, 6) is -2.29. The molecule has 21 heavy (non-hydrogen) atoms. The van der Waals surface area contributed by atoms with Gasteiger partial charge in [0.25, 0.3) is 11.8 Å². The van der Waals surface area contributed by atoms with E-state index in [2.05, 4.69) is 15.3 Å². The molecular weight excluding hydrogens is 278 g/mol. The van der Waals surface area contributed by atoms with Crippen molar-refractivity contribution in [2.75, 3.05) is 6.54 Å². The lowest BCUT2D eigenvalue weighted by Crippen LogP contribution is -2.25. The molecule has 9 heteroatoms. The van der Waals surface area contributed by atoms with Gasteiger partial charge < -0.3 is 26.9 Å². The van der Waals surface area contributed by atoms with E-state index < -0.39 is 17.8 Å². The van der Waals surface area contributed by atoms with Crippen molar-refractivity contribution in [2.24, 2.45) is 16.5 Å². The van der Waals surface area contributed by atoms with Crippen molar-refractivity contribution in [1.29, 1.82) is 0 Å². The van der Waals surface area contributed by atoms with Crippen LogP contribution >= 0.6 is 0 Å². The average molecular weight is 295 g/mol. The van der Waals surface area contributed by atoms with E-state index in [9.17, 15) is 14.4 Å². The number of carboxylic acid groups (broad SMARTS) is 1. The van der Waals surface area contributed by atoms with Crippen LogP contribution in [0, 0.1) is 0 Å². The number of carbonyl (C=O) groups excluding carboxylic acids is 2. The van der Waals surface area contributed by atoms with Crippen molar-refractivity contribution >= 4 is 23.7 Å². The number of hydrogen-bond donors (Lipinski definition) is 5. The fraction of sp³-hybridized carbons (Fsp3) is 0.333. The molecule has 0 bridgehead atoms. The van der Waals surface area contributed by atoms with E-state index in [4.69, 9.17) is 16.6 Å². The second kappa shape index (κ2) is 7.68. The first kappa shape index (κ1) is 16.2. The number of aromatic nitrogens is 1. The Labute approximate surface area is 120 Å². The number of nitrogens with two attached hydrogens (primary N) is 2. The third kappa shape index (κ3) is 5.76. The van der Waals surface area contributed by atoms with Gasteiger partial charge in [0.1, 0.15) is 11.4 Å². The fourth-order valence-corrected chi connectivity index (χ4v) is 1.53. The number of amides is 2. The van der Waals surface area contributed by atoms with E-state index in [1.807, 2.05) is 0 Å². The number of H-pyrrole nitrogens is 1. The van der Waals surface area contributed by atoms with Crippen LogP contribution in [0.15, 0.2) is 17.1 Å². The summed E-state index contributed by atoms with van der Waals surface area (Å²) in [7, 11) is 0. The molecule has 2 amide bonds. The molecule has 0 aliphatic carbocycles. The molecule has 0 spiro atoms. The van der Waals surface area contributed by atoms with Crippen molar-refractivity contribution < 1.29 is 19.5 Å². The first-order valence-corrected chi connectivity index (χ1v) is 6.23. The summed E-state index contributed by atoms with van der Waals surface area (Å²) >= 11 is 0. The van der Waals surface area contributed by atoms with Crippen LogP contribution in [0.5, 0.6) is 0 Å². The van der Waals surface area contributed by atoms with E-state index >= 15 is 0 Å². The zero-order valence-electron chi connectivity index (χ0n) is 11.3. The Morgan fingerprint density at radius 2 is 1.86 bits per heavy atom. The van der Waals surface area contributed by atoms with E-state index in [1.165, 1.54) is 12.1 Å². The lowest BCUT2D eigenvalue weighted by Gasteiger charge is -2.02. The van der Waals surface area contributed by atoms with Crippen LogP contribution in [0.25, 0.3) is 0 Å². The van der Waals surface area contributed by atoms with E-state index in [0.717, 1.165) is 0 Å². The third-order valence-electron chi connectivity index (χ3n) is 2.49. The van der Waals surface area contributed by atoms with Gasteiger partial charge in [-0.2, -0.15) is 4.99 Å². The van der Waals surface area contributed by atoms with Gasteiger partial charge in [-0.3, -0.25) is 14.4 Å². The quantitative estimate of drug-likeness (QED) is 0.256. The highest BCUT2D eigenvalue weighted by Crippen LogP contribution is 2.04. The molecule has 1 aromatic rings. The Bertz CT molecular complexity index is 560. The molecule has 114 valence electrons. The summed E-state index contributed by atoms with van der Waals surface area (Å²) in [6.45, 7) is 0.350. The number of carboxylic acids is 1. The SMILES string of the molecule is NC(N)=NC(=O)c1ccc(C(=O)NCCCCC(=O)O)[nH]1. The molecule has 0 saturated carbocycles. The second-order valence-corrected chi connectivity index (χ2v) is 4.23. The first-order chi connectivity index (χ1) is 9.90. The van der Waals surface area contributed by atoms with Gasteiger partial charge >= 0.3 is 5.97 Å². The Balaban J connectivity index is 2.45. The Hall–Kier alpha value is -2.84. The van der Waals surface area contributed by atoms with Crippen LogP contribution < -0.4 is 16.8 Å². The second-order valence-electron chi connectivity index (χ2n) is 4.23. The van der Waals surface area contributed by atoms with Crippen LogP contribution in [-0.4, -0.2) is 40.4 Å². The van der Waals surface area contributed by atoms with Crippen LogP contribution in [-0.2, 0) is 4.79 Å². The number of nitrogens with zero attached hydrogens (tertiary/aromatic N) is 1. The maximum Gasteiger partial charge on any atom is 0.303 e. The molecule has 7 N–H and O–H groups in total. The number of nitrogens with one attached hydrogen (secondary N) is 2. The first-order valence-electron chi connectivity index (χ1n) is 6.23. The molecule has 0 saturated heterocycles. The Morgan fingerprint density at radius 1 is 1.19 bits per heavy atom. The Morgan fingerprint density at radius 3 is 2.48 bits per heavy atom. The normalized spacial score (nSPS) is 9.90. The predicted molar refractivity (Wildman–Crippen MR) is 74.8 cm³/mol. The number of aliphatic imine (C=N–C) groups is 1. The standard InChI is InChI=1S/C12H17N5O4/c13-12(14)17-11(21)8-5-4-7(16-8)10(20)15-6-2-1-3-9(18)19/h4-5,16H,1-3,6H2,(H,15,20)(H,18,19)(H4,13,14,17,21). The predicted octanol–water partition coefficient (Wildman–Crippen LogP) is -0.587. The minimum absolute atomic E-state index is 0.0650. The lowest BCUT2D eigenvalue weighted by molar-refractivity contribution is -0.137. The van der Waals surface area contributed by atoms with Crippen molar-refractivity contribution in [3.8, 4) is 0 Å². The van der Waals surface area contributed by atoms with E-state index in [1.54, 1.807) is 0 Å². The molecular formula is C12H17N5O4. The molecule has 0 unspecified atom stereocenters. The van der Waals surface area contributed by atoms with E-state index in [0.29, 0.717) is 19.4 Å². The molecule has 0 aliphatic heterocycles. The van der Waals surface area contributed by atoms with Gasteiger partial charge in [0.05, 0.1) is 0 Å². The van der Waals surface area contributed by atoms with Gasteiger partial charge in [0, 0.05) is 13.0 Å². The summed E-state index contributed by atoms with van der Waals surface area (Å²) in [4.78, 5) is 39.5. The lowest BCUT2D eigenvalue weighted by atomic mass is 10.2. The minimum atomic E-state index is -0.867. The average Bonchev–Trinajstić information content (AvgIpc) is 2.86. The minimum Gasteiger partial charge on any atom is -0.481 e. The highest BCUT2D eigenvalue weighted by atomic mass is 16.4. The zero-order chi connectivity index (χ0) is 15.8. The number of unbranched alkanes of at least 4 members (excludes halogenated alkanes) is 1. The Kier molecular flexibility index (Phi) is 5.93. The van der Waals surface area contributed by atoms with Gasteiger partial charge in [0.2, 0.25) is 0 Å². The third-order valence-corrected chi connectivity index (χ3v) is 2.49. The number of rotatable bonds is 7. The van der Waals surface area contributed by atoms with Crippen LogP contribution in [0.4, 0.5) is 0 Å². The molecule has 0 fully saturated rings. The van der Waals surface area contributed by atoms with Gasteiger partial charge in [-0.25, -0.2) is 0 Å². The number of hydrogen-bond acceptors (Lipinski definition) is 3. The van der Waals surface area contributed by atoms with Gasteiger partial charge in [-0.15, -0.1) is 0 Å². The topological polar surface area (TPSA) is 164 Å². The molecule has 0 atom stereocenters. The number of carbonyl (C=O) groups is 3. The van der Waals surface area contributed by atoms with Crippen LogP contribution in [0.1, 0.15) is 40.2 Å². The summed E-state index contributed by atoms with van der Waals surface area (Å²) in [5, 5.41) is 11.1. The largest absolute Gasteiger partial charge is 0.481 e. The summed E-state index contributed by atoms with van der Waals surface area (Å²) in [6, 6.07) is 2.83. The smallest absolute Gasteiger partial charge is 0.303 e. The fourth-order valence-electron chi connectivity index (χ4n) is 1.53. The monoisotopic (exact) mass is 295 g/mol. The molecule has 9 nitrogen and oxygen atoms in total. The molecule has 1 heterocycles. The highest BCUT2D eigenvalue weighted by molar-refractivity contribution is 6.02. The zero-order valence-corrected chi connectivity index (χ0v) is 11.3. The van der Waals surface area contributed by atoms with E-state index in [-0.39, 0.29) is 23.8 Å². The molecule has 1 aromatic heterocycles. The number of aliphatic carboxylic acids is 1. The molecule has 1 rings (SSSR count). The van der Waals surface area contributed by atoms with Crippen molar-refractivity contribution in [3.05, 3.63) is 23.5 Å². The van der Waals surface area contributed by atoms with Gasteiger partial charge in [-0.1, -0.05) is 0 Å².